The van der Waals surface area contributed by atoms with Crippen LogP contribution in [-0.2, 0) is 9.47 Å². The van der Waals surface area contributed by atoms with E-state index in [1.165, 1.54) is 37.7 Å². The molecule has 1 heterocycles. The summed E-state index contributed by atoms with van der Waals surface area (Å²) in [5.74, 6) is 1.45. The molecule has 2 N–H and O–H groups in total. The Balaban J connectivity index is 1.43. The van der Waals surface area contributed by atoms with Crippen LogP contribution in [0.15, 0.2) is 24.3 Å². The number of rotatable bonds is 6. The van der Waals surface area contributed by atoms with Crippen LogP contribution < -0.4 is 5.73 Å². The van der Waals surface area contributed by atoms with Gasteiger partial charge in [0.05, 0.1) is 12.7 Å². The summed E-state index contributed by atoms with van der Waals surface area (Å²) < 4.78 is 11.3. The molecule has 2 fully saturated rings. The molecule has 1 saturated carbocycles. The minimum atomic E-state index is -0.195. The zero-order valence-electron chi connectivity index (χ0n) is 15.4. The van der Waals surface area contributed by atoms with Crippen LogP contribution in [0.5, 0.6) is 0 Å². The molecule has 1 aliphatic carbocycles. The van der Waals surface area contributed by atoms with E-state index in [1.807, 2.05) is 12.1 Å². The fraction of sp³-hybridized carbons (Fsp3) is 0.714. The van der Waals surface area contributed by atoms with E-state index in [9.17, 15) is 0 Å². The second-order valence-electron chi connectivity index (χ2n) is 8.06. The number of hydrogen-bond acceptors (Lipinski definition) is 3. The Labute approximate surface area is 157 Å². The molecule has 1 saturated heterocycles. The van der Waals surface area contributed by atoms with Crippen molar-refractivity contribution in [3.05, 3.63) is 34.9 Å². The van der Waals surface area contributed by atoms with Crippen molar-refractivity contribution < 1.29 is 9.47 Å². The Hall–Kier alpha value is -0.610. The van der Waals surface area contributed by atoms with Gasteiger partial charge >= 0.3 is 0 Å². The third-order valence-electron chi connectivity index (χ3n) is 6.11. The summed E-state index contributed by atoms with van der Waals surface area (Å²) in [7, 11) is 1.73. The molecule has 0 bridgehead atoms. The Morgan fingerprint density at radius 3 is 2.68 bits per heavy atom. The highest BCUT2D eigenvalue weighted by atomic mass is 35.5. The quantitative estimate of drug-likeness (QED) is 0.778. The van der Waals surface area contributed by atoms with Crippen molar-refractivity contribution in [1.29, 1.82) is 0 Å². The van der Waals surface area contributed by atoms with Gasteiger partial charge in [-0.05, 0) is 74.8 Å². The molecule has 0 spiro atoms. The molecule has 1 aromatic rings. The highest BCUT2D eigenvalue weighted by Crippen LogP contribution is 2.40. The van der Waals surface area contributed by atoms with E-state index in [4.69, 9.17) is 26.8 Å². The van der Waals surface area contributed by atoms with Crippen LogP contribution >= 0.6 is 11.6 Å². The smallest absolute Gasteiger partial charge is 0.0644 e. The number of nitrogens with two attached hydrogens (primary N) is 1. The lowest BCUT2D eigenvalue weighted by Crippen LogP contribution is -2.51. The monoisotopic (exact) mass is 365 g/mol. The zero-order chi connectivity index (χ0) is 17.7. The summed E-state index contributed by atoms with van der Waals surface area (Å²) in [6.45, 7) is 1.40. The molecule has 3 rings (SSSR count). The Morgan fingerprint density at radius 1 is 1.20 bits per heavy atom. The predicted octanol–water partition coefficient (Wildman–Crippen LogP) is 4.92. The van der Waals surface area contributed by atoms with E-state index in [-0.39, 0.29) is 5.54 Å². The summed E-state index contributed by atoms with van der Waals surface area (Å²) in [5.41, 5.74) is 7.59. The summed E-state index contributed by atoms with van der Waals surface area (Å²) in [6, 6.07) is 8.33. The summed E-state index contributed by atoms with van der Waals surface area (Å²) in [5, 5.41) is 0.930. The van der Waals surface area contributed by atoms with E-state index in [0.29, 0.717) is 18.6 Å². The van der Waals surface area contributed by atoms with Crippen molar-refractivity contribution in [2.24, 2.45) is 11.7 Å². The third-order valence-corrected chi connectivity index (χ3v) is 6.45. The lowest BCUT2D eigenvalue weighted by molar-refractivity contribution is -0.0440. The minimum Gasteiger partial charge on any atom is -0.383 e. The molecule has 0 amide bonds. The molecule has 1 aromatic carbocycles. The molecule has 2 unspecified atom stereocenters. The SMILES string of the molecule is COCC1(N)CCOC(CCC2CCC(c3ccccc3Cl)CC2)C1. The molecule has 1 aliphatic heterocycles. The van der Waals surface area contributed by atoms with Crippen molar-refractivity contribution in [3.63, 3.8) is 0 Å². The van der Waals surface area contributed by atoms with Gasteiger partial charge in [-0.3, -0.25) is 0 Å². The molecule has 140 valence electrons. The van der Waals surface area contributed by atoms with E-state index in [2.05, 4.69) is 12.1 Å². The fourth-order valence-electron chi connectivity index (χ4n) is 4.64. The highest BCUT2D eigenvalue weighted by Gasteiger charge is 2.34. The number of ether oxygens (including phenoxy) is 2. The predicted molar refractivity (Wildman–Crippen MR) is 103 cm³/mol. The van der Waals surface area contributed by atoms with Crippen LogP contribution in [0.25, 0.3) is 0 Å². The largest absolute Gasteiger partial charge is 0.383 e. The second-order valence-corrected chi connectivity index (χ2v) is 8.47. The first-order valence-corrected chi connectivity index (χ1v) is 10.1. The number of methoxy groups -OCH3 is 1. The fourth-order valence-corrected chi connectivity index (χ4v) is 4.93. The van der Waals surface area contributed by atoms with Gasteiger partial charge in [0.15, 0.2) is 0 Å². The molecule has 3 nitrogen and oxygen atoms in total. The molecular formula is C21H32ClNO2. The summed E-state index contributed by atoms with van der Waals surface area (Å²) in [4.78, 5) is 0. The van der Waals surface area contributed by atoms with Gasteiger partial charge in [-0.1, -0.05) is 29.8 Å². The molecule has 0 aromatic heterocycles. The van der Waals surface area contributed by atoms with Crippen LogP contribution in [0, 0.1) is 5.92 Å². The first kappa shape index (κ1) is 19.2. The number of hydrogen-bond donors (Lipinski definition) is 1. The zero-order valence-corrected chi connectivity index (χ0v) is 16.1. The van der Waals surface area contributed by atoms with Gasteiger partial charge in [0.1, 0.15) is 0 Å². The van der Waals surface area contributed by atoms with Crippen LogP contribution in [0.2, 0.25) is 5.02 Å². The van der Waals surface area contributed by atoms with Crippen LogP contribution in [-0.4, -0.2) is 32.0 Å². The standard InChI is InChI=1S/C21H32ClNO2/c1-24-15-21(23)12-13-25-18(14-21)11-8-16-6-9-17(10-7-16)19-4-2-3-5-20(19)22/h2-5,16-18H,6-15,23H2,1H3. The number of halogens is 1. The van der Waals surface area contributed by atoms with Gasteiger partial charge in [0.25, 0.3) is 0 Å². The summed E-state index contributed by atoms with van der Waals surface area (Å²) in [6.07, 6.45) is 9.62. The van der Waals surface area contributed by atoms with Crippen molar-refractivity contribution in [2.75, 3.05) is 20.3 Å². The topological polar surface area (TPSA) is 44.5 Å². The lowest BCUT2D eigenvalue weighted by atomic mass is 9.76. The van der Waals surface area contributed by atoms with E-state index in [0.717, 1.165) is 36.8 Å². The van der Waals surface area contributed by atoms with E-state index < -0.39 is 0 Å². The van der Waals surface area contributed by atoms with Gasteiger partial charge in [0, 0.05) is 24.3 Å². The van der Waals surface area contributed by atoms with Gasteiger partial charge in [0.2, 0.25) is 0 Å². The normalized spacial score (nSPS) is 33.3. The maximum atomic E-state index is 6.45. The Bertz CT molecular complexity index is 540. The van der Waals surface area contributed by atoms with E-state index in [1.54, 1.807) is 7.11 Å². The van der Waals surface area contributed by atoms with Crippen molar-refractivity contribution in [1.82, 2.24) is 0 Å². The lowest BCUT2D eigenvalue weighted by Gasteiger charge is -2.38. The highest BCUT2D eigenvalue weighted by molar-refractivity contribution is 6.31. The van der Waals surface area contributed by atoms with Crippen molar-refractivity contribution in [3.8, 4) is 0 Å². The van der Waals surface area contributed by atoms with Gasteiger partial charge in [-0.2, -0.15) is 0 Å². The maximum Gasteiger partial charge on any atom is 0.0644 e. The average Bonchev–Trinajstić information content (AvgIpc) is 2.61. The Kier molecular flexibility index (Phi) is 6.79. The minimum absolute atomic E-state index is 0.195. The average molecular weight is 366 g/mol. The third kappa shape index (κ3) is 5.19. The molecular weight excluding hydrogens is 334 g/mol. The molecule has 0 radical (unpaired) electrons. The van der Waals surface area contributed by atoms with Crippen LogP contribution in [0.4, 0.5) is 0 Å². The van der Waals surface area contributed by atoms with Gasteiger partial charge in [-0.15, -0.1) is 0 Å². The molecule has 25 heavy (non-hydrogen) atoms. The summed E-state index contributed by atoms with van der Waals surface area (Å²) >= 11 is 6.37. The van der Waals surface area contributed by atoms with E-state index >= 15 is 0 Å². The molecule has 2 aliphatic rings. The van der Waals surface area contributed by atoms with Crippen LogP contribution in [0.1, 0.15) is 62.8 Å². The van der Waals surface area contributed by atoms with Gasteiger partial charge in [-0.25, -0.2) is 0 Å². The first-order valence-electron chi connectivity index (χ1n) is 9.73. The van der Waals surface area contributed by atoms with Crippen molar-refractivity contribution >= 4 is 11.6 Å². The van der Waals surface area contributed by atoms with Crippen LogP contribution in [0.3, 0.4) is 0 Å². The Morgan fingerprint density at radius 2 is 1.96 bits per heavy atom. The van der Waals surface area contributed by atoms with Crippen molar-refractivity contribution in [2.45, 2.75) is 68.9 Å². The maximum absolute atomic E-state index is 6.45. The number of benzene rings is 1. The second kappa shape index (κ2) is 8.85. The molecule has 4 heteroatoms. The van der Waals surface area contributed by atoms with Gasteiger partial charge < -0.3 is 15.2 Å². The molecule has 2 atom stereocenters. The first-order chi connectivity index (χ1) is 12.1.